The minimum absolute atomic E-state index is 0.0534. The fourth-order valence-corrected chi connectivity index (χ4v) is 3.34. The highest BCUT2D eigenvalue weighted by atomic mass is 16.5. The molecule has 0 spiro atoms. The van der Waals surface area contributed by atoms with Crippen LogP contribution in [-0.4, -0.2) is 34.2 Å². The van der Waals surface area contributed by atoms with Crippen molar-refractivity contribution >= 4 is 5.91 Å². The zero-order chi connectivity index (χ0) is 15.9. The summed E-state index contributed by atoms with van der Waals surface area (Å²) in [7, 11) is 0. The van der Waals surface area contributed by atoms with Gasteiger partial charge in [0.25, 0.3) is 0 Å². The predicted molar refractivity (Wildman–Crippen MR) is 80.2 cm³/mol. The van der Waals surface area contributed by atoms with Crippen LogP contribution in [0.3, 0.4) is 0 Å². The van der Waals surface area contributed by atoms with Crippen LogP contribution < -0.4 is 4.74 Å². The molecule has 116 valence electrons. The Kier molecular flexibility index (Phi) is 3.57. The molecule has 3 unspecified atom stereocenters. The van der Waals surface area contributed by atoms with E-state index in [0.717, 1.165) is 12.0 Å². The third kappa shape index (κ3) is 2.15. The van der Waals surface area contributed by atoms with E-state index >= 15 is 0 Å². The molecule has 1 amide bonds. The zero-order valence-electron chi connectivity index (χ0n) is 12.9. The van der Waals surface area contributed by atoms with Crippen LogP contribution in [0.5, 0.6) is 5.75 Å². The fraction of sp³-hybridized carbons (Fsp3) is 0.529. The molecule has 2 heterocycles. The Morgan fingerprint density at radius 2 is 2.32 bits per heavy atom. The Morgan fingerprint density at radius 1 is 1.55 bits per heavy atom. The van der Waals surface area contributed by atoms with Gasteiger partial charge in [-0.15, -0.1) is 0 Å². The highest BCUT2D eigenvalue weighted by molar-refractivity contribution is 5.79. The van der Waals surface area contributed by atoms with Gasteiger partial charge in [-0.1, -0.05) is 6.92 Å². The zero-order valence-corrected chi connectivity index (χ0v) is 12.9. The van der Waals surface area contributed by atoms with E-state index in [4.69, 9.17) is 10.00 Å². The van der Waals surface area contributed by atoms with Crippen molar-refractivity contribution in [2.75, 3.05) is 6.54 Å². The maximum atomic E-state index is 12.2. The Labute approximate surface area is 130 Å². The third-order valence-electron chi connectivity index (χ3n) is 4.87. The van der Waals surface area contributed by atoms with Crippen molar-refractivity contribution in [3.63, 3.8) is 0 Å². The second-order valence-corrected chi connectivity index (χ2v) is 6.21. The molecule has 1 saturated heterocycles. The quantitative estimate of drug-likeness (QED) is 0.908. The molecular formula is C17H20N2O3. The van der Waals surface area contributed by atoms with E-state index in [1.165, 1.54) is 0 Å². The standard InChI is InChI=1S/C17H20N2O3/c1-3-17(2)16(21)15(19-8-4-5-14(19)20)12-9-11(10-18)6-7-13(12)22-17/h6-7,9,15-16,21H,3-5,8H2,1-2H3. The van der Waals surface area contributed by atoms with Gasteiger partial charge in [0.05, 0.1) is 17.7 Å². The summed E-state index contributed by atoms with van der Waals surface area (Å²) in [6.07, 6.45) is 1.13. The van der Waals surface area contributed by atoms with Gasteiger partial charge in [0.1, 0.15) is 17.5 Å². The molecule has 3 rings (SSSR count). The number of aliphatic hydroxyl groups excluding tert-OH is 1. The number of likely N-dealkylation sites (tertiary alicyclic amines) is 1. The summed E-state index contributed by atoms with van der Waals surface area (Å²) in [5, 5.41) is 20.0. The second kappa shape index (κ2) is 5.29. The topological polar surface area (TPSA) is 73.6 Å². The number of carbonyl (C=O) groups excluding carboxylic acids is 1. The summed E-state index contributed by atoms with van der Waals surface area (Å²) >= 11 is 0. The number of aliphatic hydroxyl groups is 1. The summed E-state index contributed by atoms with van der Waals surface area (Å²) in [5.74, 6) is 0.705. The first-order valence-corrected chi connectivity index (χ1v) is 7.71. The normalized spacial score (nSPS) is 30.6. The first-order chi connectivity index (χ1) is 10.5. The Morgan fingerprint density at radius 3 is 2.91 bits per heavy atom. The molecule has 1 aromatic carbocycles. The van der Waals surface area contributed by atoms with E-state index in [0.29, 0.717) is 30.7 Å². The molecule has 5 heteroatoms. The van der Waals surface area contributed by atoms with Crippen molar-refractivity contribution < 1.29 is 14.6 Å². The maximum Gasteiger partial charge on any atom is 0.223 e. The van der Waals surface area contributed by atoms with E-state index < -0.39 is 17.7 Å². The minimum atomic E-state index is -0.819. The van der Waals surface area contributed by atoms with Gasteiger partial charge < -0.3 is 14.7 Å². The number of benzene rings is 1. The summed E-state index contributed by atoms with van der Waals surface area (Å²) < 4.78 is 6.01. The van der Waals surface area contributed by atoms with Crippen LogP contribution in [0.15, 0.2) is 18.2 Å². The SMILES string of the molecule is CCC1(C)Oc2ccc(C#N)cc2C(N2CCCC2=O)C1O. The number of hydrogen-bond donors (Lipinski definition) is 1. The van der Waals surface area contributed by atoms with Crippen molar-refractivity contribution in [3.05, 3.63) is 29.3 Å². The largest absolute Gasteiger partial charge is 0.484 e. The molecule has 3 atom stereocenters. The van der Waals surface area contributed by atoms with Crippen LogP contribution in [0.1, 0.15) is 50.3 Å². The average Bonchev–Trinajstić information content (AvgIpc) is 2.94. The first kappa shape index (κ1) is 14.9. The number of nitrogens with zero attached hydrogens (tertiary/aromatic N) is 2. The second-order valence-electron chi connectivity index (χ2n) is 6.21. The van der Waals surface area contributed by atoms with Gasteiger partial charge in [-0.05, 0) is 38.0 Å². The van der Waals surface area contributed by atoms with Crippen LogP contribution in [-0.2, 0) is 4.79 Å². The minimum Gasteiger partial charge on any atom is -0.484 e. The van der Waals surface area contributed by atoms with Crippen LogP contribution in [0.2, 0.25) is 0 Å². The van der Waals surface area contributed by atoms with Gasteiger partial charge in [0.2, 0.25) is 5.91 Å². The summed E-state index contributed by atoms with van der Waals surface area (Å²) in [5.41, 5.74) is 0.494. The van der Waals surface area contributed by atoms with Gasteiger partial charge in [-0.2, -0.15) is 5.26 Å². The average molecular weight is 300 g/mol. The lowest BCUT2D eigenvalue weighted by molar-refractivity contribution is -0.141. The first-order valence-electron chi connectivity index (χ1n) is 7.71. The van der Waals surface area contributed by atoms with E-state index in [1.807, 2.05) is 13.8 Å². The van der Waals surface area contributed by atoms with E-state index in [2.05, 4.69) is 6.07 Å². The number of fused-ring (bicyclic) bond motifs is 1. The molecule has 5 nitrogen and oxygen atoms in total. The summed E-state index contributed by atoms with van der Waals surface area (Å²) in [6, 6.07) is 6.86. The van der Waals surface area contributed by atoms with Gasteiger partial charge in [0.15, 0.2) is 0 Å². The Balaban J connectivity index is 2.13. The molecule has 1 aromatic rings. The van der Waals surface area contributed by atoms with Crippen LogP contribution >= 0.6 is 0 Å². The lowest BCUT2D eigenvalue weighted by Crippen LogP contribution is -2.55. The highest BCUT2D eigenvalue weighted by Crippen LogP contribution is 2.45. The van der Waals surface area contributed by atoms with Crippen LogP contribution in [0.4, 0.5) is 0 Å². The molecule has 0 bridgehead atoms. The van der Waals surface area contributed by atoms with Gasteiger partial charge >= 0.3 is 0 Å². The number of nitriles is 1. The van der Waals surface area contributed by atoms with Crippen molar-refractivity contribution in [2.45, 2.75) is 50.9 Å². The molecule has 22 heavy (non-hydrogen) atoms. The number of amides is 1. The number of hydrogen-bond acceptors (Lipinski definition) is 4. The van der Waals surface area contributed by atoms with E-state index in [1.54, 1.807) is 23.1 Å². The summed E-state index contributed by atoms with van der Waals surface area (Å²) in [4.78, 5) is 13.9. The van der Waals surface area contributed by atoms with Crippen molar-refractivity contribution in [1.29, 1.82) is 5.26 Å². The molecular weight excluding hydrogens is 280 g/mol. The van der Waals surface area contributed by atoms with Crippen molar-refractivity contribution in [2.24, 2.45) is 0 Å². The maximum absolute atomic E-state index is 12.2. The van der Waals surface area contributed by atoms with Gasteiger partial charge in [-0.25, -0.2) is 0 Å². The highest BCUT2D eigenvalue weighted by Gasteiger charge is 2.49. The van der Waals surface area contributed by atoms with Crippen LogP contribution in [0.25, 0.3) is 0 Å². The molecule has 0 radical (unpaired) electrons. The number of rotatable bonds is 2. The molecule has 1 fully saturated rings. The van der Waals surface area contributed by atoms with E-state index in [9.17, 15) is 9.90 Å². The predicted octanol–water partition coefficient (Wildman–Crippen LogP) is 2.14. The van der Waals surface area contributed by atoms with Gasteiger partial charge in [0, 0.05) is 18.5 Å². The molecule has 2 aliphatic heterocycles. The lowest BCUT2D eigenvalue weighted by atomic mass is 9.82. The molecule has 0 aliphatic carbocycles. The number of ether oxygens (including phenoxy) is 1. The molecule has 1 N–H and O–H groups in total. The molecule has 2 aliphatic rings. The third-order valence-corrected chi connectivity index (χ3v) is 4.87. The molecule has 0 aromatic heterocycles. The Hall–Kier alpha value is -2.06. The van der Waals surface area contributed by atoms with Crippen molar-refractivity contribution in [1.82, 2.24) is 4.90 Å². The van der Waals surface area contributed by atoms with Crippen LogP contribution in [0, 0.1) is 11.3 Å². The molecule has 0 saturated carbocycles. The fourth-order valence-electron chi connectivity index (χ4n) is 3.34. The lowest BCUT2D eigenvalue weighted by Gasteiger charge is -2.46. The van der Waals surface area contributed by atoms with Gasteiger partial charge in [-0.3, -0.25) is 4.79 Å². The number of carbonyl (C=O) groups is 1. The smallest absolute Gasteiger partial charge is 0.223 e. The summed E-state index contributed by atoms with van der Waals surface area (Å²) in [6.45, 7) is 4.46. The monoisotopic (exact) mass is 300 g/mol. The van der Waals surface area contributed by atoms with Crippen molar-refractivity contribution in [3.8, 4) is 11.8 Å². The Bertz CT molecular complexity index is 652. The van der Waals surface area contributed by atoms with E-state index in [-0.39, 0.29) is 5.91 Å².